The number of rotatable bonds is 12. The first-order valence-electron chi connectivity index (χ1n) is 14.1. The number of hydrogen-bond donors (Lipinski definition) is 1. The summed E-state index contributed by atoms with van der Waals surface area (Å²) >= 11 is 0. The van der Waals surface area contributed by atoms with Gasteiger partial charge in [-0.1, -0.05) is 40.2 Å². The van der Waals surface area contributed by atoms with E-state index in [-0.39, 0.29) is 16.9 Å². The number of ether oxygens (including phenoxy) is 1. The van der Waals surface area contributed by atoms with Crippen LogP contribution in [0, 0.1) is 11.8 Å². The lowest BCUT2D eigenvalue weighted by Crippen LogP contribution is -2.39. The SMILES string of the molecule is CCCCc1c(C(=O)c2coc3cccc(C(=O)O)c23)ccc(OCCCN2C[C@H](C)C[C@H](C)C2)c1CC. The van der Waals surface area contributed by atoms with Gasteiger partial charge in [0.15, 0.2) is 5.78 Å². The summed E-state index contributed by atoms with van der Waals surface area (Å²) in [4.78, 5) is 28.3. The molecule has 1 saturated heterocycles. The van der Waals surface area contributed by atoms with Gasteiger partial charge >= 0.3 is 5.97 Å². The average Bonchev–Trinajstić information content (AvgIpc) is 3.33. The van der Waals surface area contributed by atoms with E-state index in [4.69, 9.17) is 9.15 Å². The highest BCUT2D eigenvalue weighted by Gasteiger charge is 2.25. The topological polar surface area (TPSA) is 80.0 Å². The fraction of sp³-hybridized carbons (Fsp3) is 0.500. The van der Waals surface area contributed by atoms with Crippen molar-refractivity contribution in [3.05, 3.63) is 64.4 Å². The molecule has 0 unspecified atom stereocenters. The van der Waals surface area contributed by atoms with Crippen molar-refractivity contribution in [2.75, 3.05) is 26.2 Å². The van der Waals surface area contributed by atoms with Crippen molar-refractivity contribution < 1.29 is 23.8 Å². The number of hydrogen-bond acceptors (Lipinski definition) is 5. The van der Waals surface area contributed by atoms with Crippen LogP contribution < -0.4 is 4.74 Å². The number of aromatic carboxylic acids is 1. The van der Waals surface area contributed by atoms with E-state index < -0.39 is 5.97 Å². The van der Waals surface area contributed by atoms with Gasteiger partial charge < -0.3 is 19.2 Å². The second-order valence-electron chi connectivity index (χ2n) is 10.9. The molecule has 0 saturated carbocycles. The molecule has 4 rings (SSSR count). The van der Waals surface area contributed by atoms with E-state index in [1.165, 1.54) is 18.8 Å². The zero-order chi connectivity index (χ0) is 27.2. The van der Waals surface area contributed by atoms with Gasteiger partial charge in [0.2, 0.25) is 0 Å². The molecule has 1 fully saturated rings. The zero-order valence-electron chi connectivity index (χ0n) is 23.2. The Morgan fingerprint density at radius 2 is 1.76 bits per heavy atom. The summed E-state index contributed by atoms with van der Waals surface area (Å²) in [6, 6.07) is 8.58. The number of unbranched alkanes of at least 4 members (excludes halogenated alkanes) is 1. The average molecular weight is 520 g/mol. The Morgan fingerprint density at radius 3 is 2.45 bits per heavy atom. The summed E-state index contributed by atoms with van der Waals surface area (Å²) in [5, 5.41) is 10.1. The number of likely N-dealkylation sites (tertiary alicyclic amines) is 1. The molecule has 1 aromatic heterocycles. The number of carbonyl (C=O) groups is 2. The Morgan fingerprint density at radius 1 is 1.00 bits per heavy atom. The molecule has 2 aromatic carbocycles. The van der Waals surface area contributed by atoms with Gasteiger partial charge in [0.05, 0.1) is 17.7 Å². The number of furan rings is 1. The minimum atomic E-state index is -1.08. The second kappa shape index (κ2) is 12.6. The van der Waals surface area contributed by atoms with Crippen LogP contribution in [0.3, 0.4) is 0 Å². The van der Waals surface area contributed by atoms with Crippen LogP contribution in [0.5, 0.6) is 5.75 Å². The van der Waals surface area contributed by atoms with Crippen molar-refractivity contribution in [2.45, 2.75) is 66.2 Å². The maximum atomic E-state index is 13.8. The van der Waals surface area contributed by atoms with E-state index in [9.17, 15) is 14.7 Å². The lowest BCUT2D eigenvalue weighted by atomic mass is 9.89. The Hall–Kier alpha value is -3.12. The maximum absolute atomic E-state index is 13.8. The summed E-state index contributed by atoms with van der Waals surface area (Å²) in [7, 11) is 0. The molecule has 2 heterocycles. The van der Waals surface area contributed by atoms with E-state index in [2.05, 4.69) is 32.6 Å². The molecule has 3 aromatic rings. The zero-order valence-corrected chi connectivity index (χ0v) is 23.2. The molecule has 0 amide bonds. The number of piperidine rings is 1. The van der Waals surface area contributed by atoms with Gasteiger partial charge in [-0.3, -0.25) is 4.79 Å². The van der Waals surface area contributed by atoms with E-state index in [1.807, 2.05) is 12.1 Å². The smallest absolute Gasteiger partial charge is 0.336 e. The highest BCUT2D eigenvalue weighted by molar-refractivity contribution is 6.20. The number of carboxylic acids is 1. The van der Waals surface area contributed by atoms with Crippen molar-refractivity contribution in [3.63, 3.8) is 0 Å². The van der Waals surface area contributed by atoms with Gasteiger partial charge in [-0.15, -0.1) is 0 Å². The minimum absolute atomic E-state index is 0.0721. The van der Waals surface area contributed by atoms with Gasteiger partial charge in [0.25, 0.3) is 0 Å². The summed E-state index contributed by atoms with van der Waals surface area (Å²) in [5.74, 6) is 1.05. The standard InChI is InChI=1S/C32H41NO5/c1-5-7-10-24-23(6-2)28(37-16-9-15-33-18-21(3)17-22(4)19-33)14-13-25(24)31(34)27-20-38-29-12-8-11-26(30(27)29)32(35)36/h8,11-14,20-22H,5-7,9-10,15-19H2,1-4H3,(H,35,36)/t21-,22+. The van der Waals surface area contributed by atoms with Crippen LogP contribution in [0.4, 0.5) is 0 Å². The molecule has 1 N–H and O–H groups in total. The quantitative estimate of drug-likeness (QED) is 0.205. The molecule has 0 radical (unpaired) electrons. The first-order valence-corrected chi connectivity index (χ1v) is 14.1. The van der Waals surface area contributed by atoms with Crippen molar-refractivity contribution in [1.82, 2.24) is 4.90 Å². The molecule has 38 heavy (non-hydrogen) atoms. The fourth-order valence-corrected chi connectivity index (χ4v) is 6.07. The Balaban J connectivity index is 1.58. The van der Waals surface area contributed by atoms with Crippen molar-refractivity contribution in [1.29, 1.82) is 0 Å². The van der Waals surface area contributed by atoms with Crippen LogP contribution in [0.15, 0.2) is 41.0 Å². The normalized spacial score (nSPS) is 18.1. The van der Waals surface area contributed by atoms with Crippen LogP contribution in [-0.2, 0) is 12.8 Å². The molecule has 204 valence electrons. The fourth-order valence-electron chi connectivity index (χ4n) is 6.07. The van der Waals surface area contributed by atoms with Crippen LogP contribution in [0.2, 0.25) is 0 Å². The van der Waals surface area contributed by atoms with Crippen molar-refractivity contribution in [2.24, 2.45) is 11.8 Å². The largest absolute Gasteiger partial charge is 0.493 e. The number of carboxylic acid groups (broad SMARTS) is 1. The Kier molecular flexibility index (Phi) is 9.26. The molecule has 0 spiro atoms. The molecule has 6 heteroatoms. The molecule has 0 aliphatic carbocycles. The highest BCUT2D eigenvalue weighted by atomic mass is 16.5. The third-order valence-electron chi connectivity index (χ3n) is 7.66. The third-order valence-corrected chi connectivity index (χ3v) is 7.66. The molecular formula is C32H41NO5. The molecule has 2 atom stereocenters. The Labute approximate surface area is 226 Å². The van der Waals surface area contributed by atoms with Gasteiger partial charge in [-0.25, -0.2) is 4.79 Å². The van der Waals surface area contributed by atoms with Crippen LogP contribution >= 0.6 is 0 Å². The second-order valence-corrected chi connectivity index (χ2v) is 10.9. The first kappa shape index (κ1) is 27.9. The first-order chi connectivity index (χ1) is 18.3. The van der Waals surface area contributed by atoms with E-state index in [1.54, 1.807) is 12.1 Å². The van der Waals surface area contributed by atoms with E-state index >= 15 is 0 Å². The van der Waals surface area contributed by atoms with Crippen molar-refractivity contribution >= 4 is 22.7 Å². The summed E-state index contributed by atoms with van der Waals surface area (Å²) in [5.41, 5.74) is 3.42. The highest BCUT2D eigenvalue weighted by Crippen LogP contribution is 2.33. The van der Waals surface area contributed by atoms with Gasteiger partial charge in [0.1, 0.15) is 17.6 Å². The molecule has 0 bridgehead atoms. The van der Waals surface area contributed by atoms with E-state index in [0.29, 0.717) is 23.1 Å². The van der Waals surface area contributed by atoms with Gasteiger partial charge in [-0.2, -0.15) is 0 Å². The van der Waals surface area contributed by atoms with Crippen molar-refractivity contribution in [3.8, 4) is 5.75 Å². The minimum Gasteiger partial charge on any atom is -0.493 e. The third kappa shape index (κ3) is 6.12. The molecule has 6 nitrogen and oxygen atoms in total. The molecule has 1 aliphatic heterocycles. The predicted octanol–water partition coefficient (Wildman–Crippen LogP) is 7.01. The number of benzene rings is 2. The number of ketones is 1. The van der Waals surface area contributed by atoms with E-state index in [0.717, 1.165) is 80.5 Å². The summed E-state index contributed by atoms with van der Waals surface area (Å²) in [6.45, 7) is 12.9. The lowest BCUT2D eigenvalue weighted by molar-refractivity contribution is 0.0699. The van der Waals surface area contributed by atoms with Crippen LogP contribution in [-0.4, -0.2) is 48.0 Å². The summed E-state index contributed by atoms with van der Waals surface area (Å²) < 4.78 is 11.9. The molecule has 1 aliphatic rings. The van der Waals surface area contributed by atoms with Gasteiger partial charge in [0, 0.05) is 30.6 Å². The number of nitrogens with zero attached hydrogens (tertiary/aromatic N) is 1. The lowest BCUT2D eigenvalue weighted by Gasteiger charge is -2.34. The van der Waals surface area contributed by atoms with Crippen LogP contribution in [0.1, 0.15) is 90.8 Å². The monoisotopic (exact) mass is 519 g/mol. The Bertz CT molecular complexity index is 1270. The molecular weight excluding hydrogens is 478 g/mol. The van der Waals surface area contributed by atoms with Gasteiger partial charge in [-0.05, 0) is 79.3 Å². The maximum Gasteiger partial charge on any atom is 0.336 e. The predicted molar refractivity (Wildman–Crippen MR) is 151 cm³/mol. The van der Waals surface area contributed by atoms with Crippen LogP contribution in [0.25, 0.3) is 11.0 Å². The number of carbonyl (C=O) groups excluding carboxylic acids is 1. The summed E-state index contributed by atoms with van der Waals surface area (Å²) in [6.07, 6.45) is 7.14. The number of fused-ring (bicyclic) bond motifs is 1.